The van der Waals surface area contributed by atoms with E-state index in [1.165, 1.54) is 0 Å². The summed E-state index contributed by atoms with van der Waals surface area (Å²) in [7, 11) is 0. The van der Waals surface area contributed by atoms with E-state index in [0.29, 0.717) is 13.0 Å². The van der Waals surface area contributed by atoms with E-state index in [2.05, 4.69) is 0 Å². The highest BCUT2D eigenvalue weighted by Gasteiger charge is 2.22. The average Bonchev–Trinajstić information content (AvgIpc) is 2.45. The third-order valence-corrected chi connectivity index (χ3v) is 2.94. The van der Waals surface area contributed by atoms with Crippen LogP contribution in [0.15, 0.2) is 24.3 Å². The minimum atomic E-state index is 0.0795. The number of amides is 1. The third kappa shape index (κ3) is 3.70. The van der Waals surface area contributed by atoms with Crippen molar-refractivity contribution in [3.63, 3.8) is 0 Å². The van der Waals surface area contributed by atoms with Crippen LogP contribution >= 0.6 is 0 Å². The number of carbonyl (C=O) groups excluding carboxylic acids is 1. The number of para-hydroxylation sites is 2. The molecule has 106 valence electrons. The van der Waals surface area contributed by atoms with Gasteiger partial charge < -0.3 is 4.74 Å². The van der Waals surface area contributed by atoms with Crippen LogP contribution in [0.1, 0.15) is 34.1 Å². The molecule has 0 atom stereocenters. The first-order chi connectivity index (χ1) is 9.19. The van der Waals surface area contributed by atoms with E-state index in [0.717, 1.165) is 24.5 Å². The molecule has 1 aromatic carbocycles. The van der Waals surface area contributed by atoms with Crippen molar-refractivity contribution in [1.82, 2.24) is 5.01 Å². The molecule has 4 nitrogen and oxygen atoms in total. The van der Waals surface area contributed by atoms with Gasteiger partial charge in [0, 0.05) is 19.5 Å². The Bertz CT molecular complexity index is 403. The smallest absolute Gasteiger partial charge is 0.241 e. The number of hydrogen-bond acceptors (Lipinski definition) is 3. The predicted octanol–water partition coefficient (Wildman–Crippen LogP) is 3.09. The minimum absolute atomic E-state index is 0.0795. The van der Waals surface area contributed by atoms with Gasteiger partial charge in [0.1, 0.15) is 11.4 Å². The maximum Gasteiger partial charge on any atom is 0.241 e. The van der Waals surface area contributed by atoms with Crippen molar-refractivity contribution in [2.24, 2.45) is 0 Å². The first-order valence-electron chi connectivity index (χ1n) is 6.99. The highest BCUT2D eigenvalue weighted by molar-refractivity contribution is 5.93. The standard InChI is InChI=1S/C15H24N2O2/c1-5-15(18)17(16(6-2)7-3)13-11-9-10-12-14(13)19-8-4/h9-12H,5-8H2,1-4H3. The zero-order valence-corrected chi connectivity index (χ0v) is 12.3. The lowest BCUT2D eigenvalue weighted by atomic mass is 10.2. The molecule has 0 spiro atoms. The van der Waals surface area contributed by atoms with Crippen molar-refractivity contribution in [2.75, 3.05) is 24.7 Å². The molecule has 0 bridgehead atoms. The summed E-state index contributed by atoms with van der Waals surface area (Å²) in [4.78, 5) is 12.3. The fraction of sp³-hybridized carbons (Fsp3) is 0.533. The van der Waals surface area contributed by atoms with Crippen LogP contribution in [0.2, 0.25) is 0 Å². The van der Waals surface area contributed by atoms with E-state index in [4.69, 9.17) is 4.74 Å². The van der Waals surface area contributed by atoms with Crippen LogP contribution in [0, 0.1) is 0 Å². The van der Waals surface area contributed by atoms with Gasteiger partial charge in [-0.05, 0) is 19.1 Å². The van der Waals surface area contributed by atoms with E-state index in [-0.39, 0.29) is 5.91 Å². The molecule has 0 aliphatic heterocycles. The Hall–Kier alpha value is -1.55. The second kappa shape index (κ2) is 7.79. The van der Waals surface area contributed by atoms with Gasteiger partial charge in [-0.25, -0.2) is 10.0 Å². The Morgan fingerprint density at radius 2 is 1.74 bits per heavy atom. The van der Waals surface area contributed by atoms with Gasteiger partial charge in [-0.3, -0.25) is 4.79 Å². The Kier molecular flexibility index (Phi) is 6.36. The maximum atomic E-state index is 12.3. The summed E-state index contributed by atoms with van der Waals surface area (Å²) in [6.07, 6.45) is 0.469. The van der Waals surface area contributed by atoms with E-state index in [9.17, 15) is 4.79 Å². The summed E-state index contributed by atoms with van der Waals surface area (Å²) in [6.45, 7) is 10.1. The number of hydrazine groups is 1. The summed E-state index contributed by atoms with van der Waals surface area (Å²) in [6, 6.07) is 7.68. The topological polar surface area (TPSA) is 32.8 Å². The number of nitrogens with zero attached hydrogens (tertiary/aromatic N) is 2. The monoisotopic (exact) mass is 264 g/mol. The zero-order chi connectivity index (χ0) is 14.3. The lowest BCUT2D eigenvalue weighted by molar-refractivity contribution is -0.121. The third-order valence-electron chi connectivity index (χ3n) is 2.94. The molecule has 0 aromatic heterocycles. The van der Waals surface area contributed by atoms with Crippen molar-refractivity contribution in [2.45, 2.75) is 34.1 Å². The van der Waals surface area contributed by atoms with Gasteiger partial charge in [-0.15, -0.1) is 0 Å². The summed E-state index contributed by atoms with van der Waals surface area (Å²) >= 11 is 0. The summed E-state index contributed by atoms with van der Waals surface area (Å²) in [5.41, 5.74) is 0.819. The van der Waals surface area contributed by atoms with Crippen LogP contribution in [-0.2, 0) is 4.79 Å². The maximum absolute atomic E-state index is 12.3. The molecule has 0 saturated carbocycles. The zero-order valence-electron chi connectivity index (χ0n) is 12.3. The lowest BCUT2D eigenvalue weighted by Crippen LogP contribution is -2.46. The predicted molar refractivity (Wildman–Crippen MR) is 78.3 cm³/mol. The molecule has 19 heavy (non-hydrogen) atoms. The van der Waals surface area contributed by atoms with Crippen LogP contribution in [0.3, 0.4) is 0 Å². The quantitative estimate of drug-likeness (QED) is 0.709. The highest BCUT2D eigenvalue weighted by atomic mass is 16.5. The molecule has 0 aliphatic rings. The Balaban J connectivity index is 3.20. The molecule has 0 fully saturated rings. The molecule has 0 saturated heterocycles. The van der Waals surface area contributed by atoms with Gasteiger partial charge in [0.2, 0.25) is 5.91 Å². The van der Waals surface area contributed by atoms with Crippen LogP contribution in [0.25, 0.3) is 0 Å². The van der Waals surface area contributed by atoms with Crippen molar-refractivity contribution in [3.8, 4) is 5.75 Å². The number of benzene rings is 1. The molecule has 0 aliphatic carbocycles. The van der Waals surface area contributed by atoms with E-state index < -0.39 is 0 Å². The SMILES string of the molecule is CCOc1ccccc1N(C(=O)CC)N(CC)CC. The number of carbonyl (C=O) groups is 1. The molecule has 1 aromatic rings. The van der Waals surface area contributed by atoms with Gasteiger partial charge in [-0.1, -0.05) is 32.9 Å². The molecule has 1 rings (SSSR count). The average molecular weight is 264 g/mol. The molecule has 0 unspecified atom stereocenters. The van der Waals surface area contributed by atoms with Crippen molar-refractivity contribution < 1.29 is 9.53 Å². The highest BCUT2D eigenvalue weighted by Crippen LogP contribution is 2.29. The van der Waals surface area contributed by atoms with E-state index in [1.54, 1.807) is 5.01 Å². The fourth-order valence-electron chi connectivity index (χ4n) is 2.01. The first kappa shape index (κ1) is 15.5. The lowest BCUT2D eigenvalue weighted by Gasteiger charge is -2.34. The molecule has 4 heteroatoms. The van der Waals surface area contributed by atoms with Gasteiger partial charge >= 0.3 is 0 Å². The second-order valence-corrected chi connectivity index (χ2v) is 4.10. The van der Waals surface area contributed by atoms with Crippen LogP contribution < -0.4 is 9.75 Å². The van der Waals surface area contributed by atoms with Gasteiger partial charge in [0.05, 0.1) is 6.61 Å². The molecule has 0 N–H and O–H groups in total. The van der Waals surface area contributed by atoms with Crippen molar-refractivity contribution in [1.29, 1.82) is 0 Å². The Morgan fingerprint density at radius 3 is 2.26 bits per heavy atom. The fourth-order valence-corrected chi connectivity index (χ4v) is 2.01. The van der Waals surface area contributed by atoms with Crippen molar-refractivity contribution in [3.05, 3.63) is 24.3 Å². The Labute approximate surface area is 115 Å². The van der Waals surface area contributed by atoms with Crippen LogP contribution in [0.4, 0.5) is 5.69 Å². The molecular weight excluding hydrogens is 240 g/mol. The molecule has 1 amide bonds. The van der Waals surface area contributed by atoms with E-state index >= 15 is 0 Å². The van der Waals surface area contributed by atoms with Crippen LogP contribution in [0.5, 0.6) is 5.75 Å². The van der Waals surface area contributed by atoms with Gasteiger partial charge in [-0.2, -0.15) is 0 Å². The number of anilines is 1. The van der Waals surface area contributed by atoms with Gasteiger partial charge in [0.25, 0.3) is 0 Å². The van der Waals surface area contributed by atoms with Crippen LogP contribution in [-0.4, -0.2) is 30.6 Å². The largest absolute Gasteiger partial charge is 0.492 e. The minimum Gasteiger partial charge on any atom is -0.492 e. The van der Waals surface area contributed by atoms with Crippen molar-refractivity contribution >= 4 is 11.6 Å². The van der Waals surface area contributed by atoms with Gasteiger partial charge in [0.15, 0.2) is 0 Å². The Morgan fingerprint density at radius 1 is 1.11 bits per heavy atom. The summed E-state index contributed by atoms with van der Waals surface area (Å²) in [5.74, 6) is 0.828. The number of rotatable bonds is 7. The molecule has 0 heterocycles. The summed E-state index contributed by atoms with van der Waals surface area (Å²) < 4.78 is 5.63. The summed E-state index contributed by atoms with van der Waals surface area (Å²) in [5, 5.41) is 3.76. The second-order valence-electron chi connectivity index (χ2n) is 4.10. The normalized spacial score (nSPS) is 10.6. The van der Waals surface area contributed by atoms with E-state index in [1.807, 2.05) is 57.0 Å². The molecular formula is C15H24N2O2. The number of hydrogen-bond donors (Lipinski definition) is 0. The number of ether oxygens (including phenoxy) is 1. The first-order valence-corrected chi connectivity index (χ1v) is 6.99. The molecule has 0 radical (unpaired) electrons.